The Bertz CT molecular complexity index is 578. The minimum absolute atomic E-state index is 0.114. The summed E-state index contributed by atoms with van der Waals surface area (Å²) in [7, 11) is 0. The maximum atomic E-state index is 13.4. The molecule has 4 heteroatoms. The number of nitrogens with zero attached hydrogens (tertiary/aromatic N) is 1. The van der Waals surface area contributed by atoms with E-state index in [1.54, 1.807) is 0 Å². The molecular formula is C17H20FNO2. The third kappa shape index (κ3) is 3.43. The molecule has 1 saturated heterocycles. The van der Waals surface area contributed by atoms with Gasteiger partial charge in [-0.3, -0.25) is 4.79 Å². The van der Waals surface area contributed by atoms with Gasteiger partial charge in [0.15, 0.2) is 0 Å². The molecule has 21 heavy (non-hydrogen) atoms. The van der Waals surface area contributed by atoms with Crippen LogP contribution in [0.25, 0.3) is 0 Å². The molecule has 1 aromatic rings. The van der Waals surface area contributed by atoms with Crippen molar-refractivity contribution >= 4 is 5.91 Å². The first-order valence-corrected chi connectivity index (χ1v) is 7.26. The molecular weight excluding hydrogens is 269 g/mol. The summed E-state index contributed by atoms with van der Waals surface area (Å²) in [5.74, 6) is 4.60. The average Bonchev–Trinajstić information content (AvgIpc) is 2.44. The number of hydrogen-bond acceptors (Lipinski definition) is 2. The zero-order valence-corrected chi connectivity index (χ0v) is 12.4. The fourth-order valence-electron chi connectivity index (χ4n) is 2.90. The second kappa shape index (κ2) is 6.73. The van der Waals surface area contributed by atoms with Crippen LogP contribution in [0.4, 0.5) is 4.39 Å². The molecule has 1 aromatic carbocycles. The third-order valence-electron chi connectivity index (χ3n) is 3.94. The van der Waals surface area contributed by atoms with Crippen molar-refractivity contribution in [1.29, 1.82) is 0 Å². The van der Waals surface area contributed by atoms with Gasteiger partial charge in [0, 0.05) is 17.6 Å². The van der Waals surface area contributed by atoms with Crippen molar-refractivity contribution in [1.82, 2.24) is 4.90 Å². The Morgan fingerprint density at radius 3 is 2.67 bits per heavy atom. The van der Waals surface area contributed by atoms with Gasteiger partial charge in [0.2, 0.25) is 0 Å². The smallest absolute Gasteiger partial charge is 0.255 e. The number of hydrogen-bond donors (Lipinski definition) is 1. The Kier molecular flexibility index (Phi) is 4.98. The molecule has 1 amide bonds. The van der Waals surface area contributed by atoms with Crippen LogP contribution in [-0.2, 0) is 0 Å². The predicted octanol–water partition coefficient (Wildman–Crippen LogP) is 2.57. The normalized spacial score (nSPS) is 21.6. The summed E-state index contributed by atoms with van der Waals surface area (Å²) in [5, 5.41) is 8.80. The van der Waals surface area contributed by atoms with Gasteiger partial charge < -0.3 is 10.0 Å². The van der Waals surface area contributed by atoms with Crippen molar-refractivity contribution in [2.75, 3.05) is 6.61 Å². The van der Waals surface area contributed by atoms with E-state index in [1.165, 1.54) is 18.2 Å². The van der Waals surface area contributed by atoms with Crippen molar-refractivity contribution in [2.24, 2.45) is 0 Å². The van der Waals surface area contributed by atoms with Gasteiger partial charge in [0.25, 0.3) is 5.91 Å². The Morgan fingerprint density at radius 1 is 1.38 bits per heavy atom. The summed E-state index contributed by atoms with van der Waals surface area (Å²) in [4.78, 5) is 14.7. The molecule has 0 radical (unpaired) electrons. The molecule has 3 nitrogen and oxygen atoms in total. The lowest BCUT2D eigenvalue weighted by atomic mass is 9.95. The highest BCUT2D eigenvalue weighted by Crippen LogP contribution is 2.25. The van der Waals surface area contributed by atoms with Crippen molar-refractivity contribution in [2.45, 2.75) is 45.2 Å². The molecule has 0 saturated carbocycles. The van der Waals surface area contributed by atoms with E-state index in [0.29, 0.717) is 11.1 Å². The Labute approximate surface area is 124 Å². The zero-order valence-electron chi connectivity index (χ0n) is 12.4. The quantitative estimate of drug-likeness (QED) is 0.807. The number of piperidine rings is 1. The molecule has 0 aromatic heterocycles. The number of carbonyl (C=O) groups is 1. The van der Waals surface area contributed by atoms with Crippen LogP contribution in [0.5, 0.6) is 0 Å². The van der Waals surface area contributed by atoms with Crippen LogP contribution in [0.2, 0.25) is 0 Å². The molecule has 1 fully saturated rings. The van der Waals surface area contributed by atoms with Gasteiger partial charge >= 0.3 is 0 Å². The molecule has 2 atom stereocenters. The minimum Gasteiger partial charge on any atom is -0.384 e. The monoisotopic (exact) mass is 289 g/mol. The fraction of sp³-hybridized carbons (Fsp3) is 0.471. The van der Waals surface area contributed by atoms with Gasteiger partial charge in [-0.1, -0.05) is 11.8 Å². The standard InChI is InChI=1S/C17H20FNO2/c1-12-5-3-6-13(2)19(12)17(21)16-9-8-15(18)11-14(16)7-4-10-20/h8-9,11-13,20H,3,5-6,10H2,1-2H3. The molecule has 1 aliphatic rings. The van der Waals surface area contributed by atoms with Crippen molar-refractivity contribution < 1.29 is 14.3 Å². The highest BCUT2D eigenvalue weighted by Gasteiger charge is 2.30. The van der Waals surface area contributed by atoms with E-state index in [9.17, 15) is 9.18 Å². The first-order valence-electron chi connectivity index (χ1n) is 7.26. The fourth-order valence-corrected chi connectivity index (χ4v) is 2.90. The molecule has 0 aliphatic carbocycles. The number of likely N-dealkylation sites (tertiary alicyclic amines) is 1. The molecule has 0 bridgehead atoms. The second-order valence-electron chi connectivity index (χ2n) is 5.49. The van der Waals surface area contributed by atoms with E-state index < -0.39 is 5.82 Å². The second-order valence-corrected chi connectivity index (χ2v) is 5.49. The minimum atomic E-state index is -0.437. The predicted molar refractivity (Wildman–Crippen MR) is 79.3 cm³/mol. The lowest BCUT2D eigenvalue weighted by Crippen LogP contribution is -2.47. The van der Waals surface area contributed by atoms with Gasteiger partial charge in [-0.2, -0.15) is 0 Å². The Morgan fingerprint density at radius 2 is 2.05 bits per heavy atom. The van der Waals surface area contributed by atoms with Gasteiger partial charge in [-0.15, -0.1) is 0 Å². The average molecular weight is 289 g/mol. The molecule has 1 heterocycles. The number of carbonyl (C=O) groups excluding carboxylic acids is 1. The van der Waals surface area contributed by atoms with Gasteiger partial charge in [-0.05, 0) is 51.3 Å². The molecule has 1 aliphatic heterocycles. The molecule has 1 N–H and O–H groups in total. The maximum Gasteiger partial charge on any atom is 0.255 e. The van der Waals surface area contributed by atoms with E-state index >= 15 is 0 Å². The first kappa shape index (κ1) is 15.5. The van der Waals surface area contributed by atoms with Gasteiger partial charge in [-0.25, -0.2) is 4.39 Å². The lowest BCUT2D eigenvalue weighted by Gasteiger charge is -2.39. The zero-order chi connectivity index (χ0) is 15.4. The SMILES string of the molecule is CC1CCCC(C)N1C(=O)c1ccc(F)cc1C#CCO. The van der Waals surface area contributed by atoms with Crippen LogP contribution in [0.1, 0.15) is 49.0 Å². The van der Waals surface area contributed by atoms with E-state index in [-0.39, 0.29) is 24.6 Å². The third-order valence-corrected chi connectivity index (χ3v) is 3.94. The number of aliphatic hydroxyl groups excluding tert-OH is 1. The summed E-state index contributed by atoms with van der Waals surface area (Å²) in [5.41, 5.74) is 0.733. The van der Waals surface area contributed by atoms with E-state index in [1.807, 2.05) is 18.7 Å². The van der Waals surface area contributed by atoms with Crippen LogP contribution >= 0.6 is 0 Å². The highest BCUT2D eigenvalue weighted by atomic mass is 19.1. The van der Waals surface area contributed by atoms with Crippen molar-refractivity contribution in [3.05, 3.63) is 35.1 Å². The van der Waals surface area contributed by atoms with E-state index in [2.05, 4.69) is 11.8 Å². The maximum absolute atomic E-state index is 13.4. The van der Waals surface area contributed by atoms with Crippen molar-refractivity contribution in [3.8, 4) is 11.8 Å². The Hall–Kier alpha value is -1.86. The largest absolute Gasteiger partial charge is 0.384 e. The van der Waals surface area contributed by atoms with Gasteiger partial charge in [0.1, 0.15) is 12.4 Å². The summed E-state index contributed by atoms with van der Waals surface area (Å²) >= 11 is 0. The van der Waals surface area contributed by atoms with Crippen LogP contribution in [0, 0.1) is 17.7 Å². The van der Waals surface area contributed by atoms with Crippen LogP contribution in [0.15, 0.2) is 18.2 Å². The molecule has 2 rings (SSSR count). The van der Waals surface area contributed by atoms with E-state index in [4.69, 9.17) is 5.11 Å². The molecule has 2 unspecified atom stereocenters. The summed E-state index contributed by atoms with van der Waals surface area (Å²) in [6.45, 7) is 3.76. The molecule has 0 spiro atoms. The Balaban J connectivity index is 2.38. The number of rotatable bonds is 1. The van der Waals surface area contributed by atoms with Crippen LogP contribution in [0.3, 0.4) is 0 Å². The number of amides is 1. The molecule has 112 valence electrons. The van der Waals surface area contributed by atoms with Gasteiger partial charge in [0.05, 0.1) is 5.56 Å². The number of benzene rings is 1. The topological polar surface area (TPSA) is 40.5 Å². The highest BCUT2D eigenvalue weighted by molar-refractivity contribution is 5.97. The summed E-state index contributed by atoms with van der Waals surface area (Å²) in [6.07, 6.45) is 3.08. The van der Waals surface area contributed by atoms with Crippen molar-refractivity contribution in [3.63, 3.8) is 0 Å². The van der Waals surface area contributed by atoms with E-state index in [0.717, 1.165) is 19.3 Å². The van der Waals surface area contributed by atoms with Crippen LogP contribution < -0.4 is 0 Å². The summed E-state index contributed by atoms with van der Waals surface area (Å²) in [6, 6.07) is 4.34. The van der Waals surface area contributed by atoms with Crippen LogP contribution in [-0.4, -0.2) is 34.6 Å². The summed E-state index contributed by atoms with van der Waals surface area (Å²) < 4.78 is 13.4. The number of halogens is 1. The lowest BCUT2D eigenvalue weighted by molar-refractivity contribution is 0.0510. The first-order chi connectivity index (χ1) is 10.0. The number of aliphatic hydroxyl groups is 1.